The lowest BCUT2D eigenvalue weighted by Crippen LogP contribution is -2.47. The quantitative estimate of drug-likeness (QED) is 0.719. The van der Waals surface area contributed by atoms with E-state index in [0.29, 0.717) is 0 Å². The number of para-hydroxylation sites is 1. The minimum absolute atomic E-state index is 0. The van der Waals surface area contributed by atoms with Crippen molar-refractivity contribution in [3.05, 3.63) is 54.6 Å². The molecule has 1 aliphatic heterocycles. The molecule has 0 saturated carbocycles. The number of thioether (sulfide) groups is 1. The highest BCUT2D eigenvalue weighted by atomic mass is 35.5. The number of benzene rings is 2. The van der Waals surface area contributed by atoms with Crippen molar-refractivity contribution in [1.29, 1.82) is 0 Å². The number of piperazine rings is 1. The Kier molecular flexibility index (Phi) is 7.76. The molecule has 0 bridgehead atoms. The smallest absolute Gasteiger partial charge is 0.119 e. The molecule has 0 N–H and O–H groups in total. The Morgan fingerprint density at radius 2 is 1.71 bits per heavy atom. The fraction of sp³-hybridized carbons (Fsp3) is 0.368. The number of rotatable bonds is 6. The number of hydrogen-bond donors (Lipinski definition) is 0. The van der Waals surface area contributed by atoms with E-state index in [-0.39, 0.29) is 12.4 Å². The second-order valence-corrected chi connectivity index (χ2v) is 6.57. The lowest BCUT2D eigenvalue weighted by atomic mass is 10.2. The van der Waals surface area contributed by atoms with Crippen molar-refractivity contribution in [2.24, 2.45) is 0 Å². The maximum Gasteiger partial charge on any atom is 0.119 e. The van der Waals surface area contributed by atoms with Crippen LogP contribution in [-0.4, -0.2) is 50.5 Å². The summed E-state index contributed by atoms with van der Waals surface area (Å²) in [5.41, 5.74) is 1.34. The van der Waals surface area contributed by atoms with E-state index in [9.17, 15) is 0 Å². The third-order valence-electron chi connectivity index (χ3n) is 4.21. The van der Waals surface area contributed by atoms with Gasteiger partial charge in [0.25, 0.3) is 0 Å². The van der Waals surface area contributed by atoms with Gasteiger partial charge in [0, 0.05) is 43.3 Å². The van der Waals surface area contributed by atoms with E-state index >= 15 is 0 Å². The molecular weight excluding hydrogens is 340 g/mol. The van der Waals surface area contributed by atoms with E-state index in [0.717, 1.165) is 45.1 Å². The van der Waals surface area contributed by atoms with Crippen molar-refractivity contribution in [2.75, 3.05) is 50.5 Å². The highest BCUT2D eigenvalue weighted by Gasteiger charge is 2.17. The zero-order valence-corrected chi connectivity index (χ0v) is 15.7. The summed E-state index contributed by atoms with van der Waals surface area (Å²) in [4.78, 5) is 6.30. The van der Waals surface area contributed by atoms with Gasteiger partial charge in [-0.05, 0) is 36.6 Å². The molecule has 3 nitrogen and oxygen atoms in total. The van der Waals surface area contributed by atoms with Crippen molar-refractivity contribution in [3.63, 3.8) is 0 Å². The summed E-state index contributed by atoms with van der Waals surface area (Å²) >= 11 is 1.80. The zero-order valence-electron chi connectivity index (χ0n) is 14.1. The molecule has 5 heteroatoms. The number of nitrogens with zero attached hydrogens (tertiary/aromatic N) is 2. The summed E-state index contributed by atoms with van der Waals surface area (Å²) in [6.45, 7) is 6.12. The molecule has 2 aromatic carbocycles. The topological polar surface area (TPSA) is 15.7 Å². The second kappa shape index (κ2) is 9.82. The largest absolute Gasteiger partial charge is 0.492 e. The fourth-order valence-electron chi connectivity index (χ4n) is 2.85. The monoisotopic (exact) mass is 364 g/mol. The normalized spacial score (nSPS) is 15.0. The molecule has 2 aromatic rings. The Bertz CT molecular complexity index is 603. The maximum atomic E-state index is 5.79. The van der Waals surface area contributed by atoms with Gasteiger partial charge in [-0.25, -0.2) is 0 Å². The van der Waals surface area contributed by atoms with Gasteiger partial charge in [-0.2, -0.15) is 0 Å². The summed E-state index contributed by atoms with van der Waals surface area (Å²) < 4.78 is 5.79. The van der Waals surface area contributed by atoms with Crippen LogP contribution in [0.25, 0.3) is 0 Å². The van der Waals surface area contributed by atoms with Crippen LogP contribution in [0.2, 0.25) is 0 Å². The van der Waals surface area contributed by atoms with Gasteiger partial charge in [0.05, 0.1) is 0 Å². The van der Waals surface area contributed by atoms with Gasteiger partial charge in [-0.15, -0.1) is 24.2 Å². The molecule has 1 saturated heterocycles. The first-order valence-electron chi connectivity index (χ1n) is 8.14. The van der Waals surface area contributed by atoms with Crippen LogP contribution in [0.15, 0.2) is 59.5 Å². The standard InChI is InChI=1S/C19H24N2OS.ClH/c1-23-19-9-5-6-17(16-19)21-12-10-20(11-13-21)14-15-22-18-7-3-2-4-8-18;/h2-9,16H,10-15H2,1H3;1H. The highest BCUT2D eigenvalue weighted by Crippen LogP contribution is 2.23. The van der Waals surface area contributed by atoms with Crippen molar-refractivity contribution < 1.29 is 4.74 Å². The molecule has 0 spiro atoms. The van der Waals surface area contributed by atoms with E-state index in [1.165, 1.54) is 10.6 Å². The molecule has 24 heavy (non-hydrogen) atoms. The van der Waals surface area contributed by atoms with Gasteiger partial charge in [-0.3, -0.25) is 4.90 Å². The van der Waals surface area contributed by atoms with Crippen LogP contribution in [0.4, 0.5) is 5.69 Å². The first-order valence-corrected chi connectivity index (χ1v) is 9.37. The number of ether oxygens (including phenoxy) is 1. The Labute approximate surface area is 155 Å². The van der Waals surface area contributed by atoms with Crippen LogP contribution in [-0.2, 0) is 0 Å². The zero-order chi connectivity index (χ0) is 15.9. The van der Waals surface area contributed by atoms with Gasteiger partial charge in [-0.1, -0.05) is 24.3 Å². The van der Waals surface area contributed by atoms with E-state index in [1.54, 1.807) is 11.8 Å². The van der Waals surface area contributed by atoms with Crippen LogP contribution < -0.4 is 9.64 Å². The Hall–Kier alpha value is -1.36. The Balaban J connectivity index is 0.00000208. The molecule has 0 unspecified atom stereocenters. The first-order chi connectivity index (χ1) is 11.3. The first kappa shape index (κ1) is 19.0. The van der Waals surface area contributed by atoms with Crippen LogP contribution in [0.5, 0.6) is 5.75 Å². The third-order valence-corrected chi connectivity index (χ3v) is 4.94. The molecule has 1 fully saturated rings. The minimum atomic E-state index is 0. The molecule has 0 aromatic heterocycles. The maximum absolute atomic E-state index is 5.79. The lowest BCUT2D eigenvalue weighted by molar-refractivity contribution is 0.200. The fourth-order valence-corrected chi connectivity index (χ4v) is 3.30. The molecule has 0 radical (unpaired) electrons. The predicted molar refractivity (Wildman–Crippen MR) is 106 cm³/mol. The van der Waals surface area contributed by atoms with Crippen molar-refractivity contribution in [3.8, 4) is 5.75 Å². The molecule has 1 aliphatic rings. The molecule has 130 valence electrons. The van der Waals surface area contributed by atoms with Gasteiger partial charge in [0.15, 0.2) is 0 Å². The van der Waals surface area contributed by atoms with Crippen molar-refractivity contribution in [2.45, 2.75) is 4.90 Å². The number of anilines is 1. The van der Waals surface area contributed by atoms with E-state index < -0.39 is 0 Å². The van der Waals surface area contributed by atoms with Crippen molar-refractivity contribution >= 4 is 29.9 Å². The third kappa shape index (κ3) is 5.33. The predicted octanol–water partition coefficient (Wildman–Crippen LogP) is 4.03. The van der Waals surface area contributed by atoms with Gasteiger partial charge < -0.3 is 9.64 Å². The molecule has 3 rings (SSSR count). The molecular formula is C19H25ClN2OS. The molecule has 0 amide bonds. The Morgan fingerprint density at radius 1 is 0.958 bits per heavy atom. The summed E-state index contributed by atoms with van der Waals surface area (Å²) in [5, 5.41) is 0. The highest BCUT2D eigenvalue weighted by molar-refractivity contribution is 7.98. The summed E-state index contributed by atoms with van der Waals surface area (Å²) in [6.07, 6.45) is 2.13. The summed E-state index contributed by atoms with van der Waals surface area (Å²) in [5.74, 6) is 0.958. The molecule has 0 atom stereocenters. The summed E-state index contributed by atoms with van der Waals surface area (Å²) in [7, 11) is 0. The summed E-state index contributed by atoms with van der Waals surface area (Å²) in [6, 6.07) is 18.9. The van der Waals surface area contributed by atoms with Gasteiger partial charge >= 0.3 is 0 Å². The van der Waals surface area contributed by atoms with Gasteiger partial charge in [0.1, 0.15) is 12.4 Å². The molecule has 0 aliphatic carbocycles. The van der Waals surface area contributed by atoms with Crippen LogP contribution >= 0.6 is 24.2 Å². The lowest BCUT2D eigenvalue weighted by Gasteiger charge is -2.36. The van der Waals surface area contributed by atoms with Crippen molar-refractivity contribution in [1.82, 2.24) is 4.90 Å². The van der Waals surface area contributed by atoms with Gasteiger partial charge in [0.2, 0.25) is 0 Å². The average Bonchev–Trinajstić information content (AvgIpc) is 2.63. The van der Waals surface area contributed by atoms with Crippen LogP contribution in [0.3, 0.4) is 0 Å². The average molecular weight is 365 g/mol. The van der Waals surface area contributed by atoms with E-state index in [4.69, 9.17) is 4.74 Å². The Morgan fingerprint density at radius 3 is 2.42 bits per heavy atom. The number of halogens is 1. The second-order valence-electron chi connectivity index (χ2n) is 5.69. The van der Waals surface area contributed by atoms with Crippen LogP contribution in [0, 0.1) is 0 Å². The van der Waals surface area contributed by atoms with E-state index in [1.807, 2.05) is 30.3 Å². The SMILES string of the molecule is CSc1cccc(N2CCN(CCOc3ccccc3)CC2)c1.Cl. The van der Waals surface area contributed by atoms with E-state index in [2.05, 4.69) is 40.3 Å². The molecule has 1 heterocycles. The minimum Gasteiger partial charge on any atom is -0.492 e. The number of hydrogen-bond acceptors (Lipinski definition) is 4. The van der Waals surface area contributed by atoms with Crippen LogP contribution in [0.1, 0.15) is 0 Å².